The molecule has 1 N–H and O–H groups in total. The molecule has 1 unspecified atom stereocenters. The SMILES string of the molecule is CCCCCn1c(=O)c2ccccc2n2c(SC(C)C(=O)NC3CC3)nnc12. The Kier molecular flexibility index (Phi) is 5.39. The van der Waals surface area contributed by atoms with Crippen molar-refractivity contribution in [1.82, 2.24) is 24.5 Å². The summed E-state index contributed by atoms with van der Waals surface area (Å²) in [6.45, 7) is 4.63. The number of carbonyl (C=O) groups excluding carboxylic acids is 1. The van der Waals surface area contributed by atoms with E-state index in [1.165, 1.54) is 11.8 Å². The van der Waals surface area contributed by atoms with Crippen LogP contribution in [0.5, 0.6) is 0 Å². The fourth-order valence-electron chi connectivity index (χ4n) is 3.29. The van der Waals surface area contributed by atoms with Crippen molar-refractivity contribution in [3.63, 3.8) is 0 Å². The molecular weight excluding hydrogens is 374 g/mol. The highest BCUT2D eigenvalue weighted by atomic mass is 32.2. The number of para-hydroxylation sites is 1. The van der Waals surface area contributed by atoms with Crippen molar-refractivity contribution in [2.45, 2.75) is 68.9 Å². The molecular formula is C20H25N5O2S. The van der Waals surface area contributed by atoms with E-state index in [1.54, 1.807) is 4.57 Å². The zero-order valence-electron chi connectivity index (χ0n) is 16.2. The zero-order chi connectivity index (χ0) is 19.7. The number of aryl methyl sites for hydroxylation is 1. The standard InChI is InChI=1S/C20H25N5O2S/c1-3-4-7-12-24-18(27)15-8-5-6-9-16(15)25-19(24)22-23-20(25)28-13(2)17(26)21-14-10-11-14/h5-6,8-9,13-14H,3-4,7,10-12H2,1-2H3,(H,21,26). The summed E-state index contributed by atoms with van der Waals surface area (Å²) in [4.78, 5) is 25.4. The highest BCUT2D eigenvalue weighted by Gasteiger charge is 2.27. The maximum Gasteiger partial charge on any atom is 0.262 e. The number of nitrogens with zero attached hydrogens (tertiary/aromatic N) is 4. The number of fused-ring (bicyclic) bond motifs is 3. The Morgan fingerprint density at radius 2 is 2.07 bits per heavy atom. The van der Waals surface area contributed by atoms with Gasteiger partial charge in [0.25, 0.3) is 5.56 Å². The zero-order valence-corrected chi connectivity index (χ0v) is 17.0. The van der Waals surface area contributed by atoms with Crippen molar-refractivity contribution in [2.75, 3.05) is 0 Å². The molecule has 0 saturated heterocycles. The third-order valence-electron chi connectivity index (χ3n) is 5.04. The third-order valence-corrected chi connectivity index (χ3v) is 6.08. The van der Waals surface area contributed by atoms with Crippen LogP contribution in [0.15, 0.2) is 34.2 Å². The van der Waals surface area contributed by atoms with Crippen LogP contribution in [-0.4, -0.2) is 36.4 Å². The molecule has 2 heterocycles. The van der Waals surface area contributed by atoms with Gasteiger partial charge in [-0.2, -0.15) is 0 Å². The number of hydrogen-bond donors (Lipinski definition) is 1. The molecule has 2 aromatic heterocycles. The molecule has 3 aromatic rings. The number of hydrogen-bond acceptors (Lipinski definition) is 5. The summed E-state index contributed by atoms with van der Waals surface area (Å²) < 4.78 is 3.62. The summed E-state index contributed by atoms with van der Waals surface area (Å²) >= 11 is 1.38. The molecule has 7 nitrogen and oxygen atoms in total. The van der Waals surface area contributed by atoms with Gasteiger partial charge in [0.2, 0.25) is 11.7 Å². The number of rotatable bonds is 8. The second kappa shape index (κ2) is 7.95. The van der Waals surface area contributed by atoms with Crippen molar-refractivity contribution < 1.29 is 4.79 Å². The minimum absolute atomic E-state index is 0.0184. The first-order valence-corrected chi connectivity index (χ1v) is 10.8. The van der Waals surface area contributed by atoms with Crippen LogP contribution in [0.3, 0.4) is 0 Å². The molecule has 0 spiro atoms. The lowest BCUT2D eigenvalue weighted by Crippen LogP contribution is -2.32. The second-order valence-corrected chi connectivity index (χ2v) is 8.65. The van der Waals surface area contributed by atoms with Crippen molar-refractivity contribution >= 4 is 34.3 Å². The van der Waals surface area contributed by atoms with Gasteiger partial charge in [-0.1, -0.05) is 43.7 Å². The maximum absolute atomic E-state index is 13.0. The molecule has 1 amide bonds. The van der Waals surface area contributed by atoms with E-state index in [0.717, 1.165) is 37.6 Å². The number of carbonyl (C=O) groups is 1. The second-order valence-electron chi connectivity index (χ2n) is 7.34. The lowest BCUT2D eigenvalue weighted by molar-refractivity contribution is -0.120. The molecule has 1 aliphatic rings. The highest BCUT2D eigenvalue weighted by Crippen LogP contribution is 2.26. The van der Waals surface area contributed by atoms with Crippen LogP contribution in [-0.2, 0) is 11.3 Å². The summed E-state index contributed by atoms with van der Waals surface area (Å²) in [6.07, 6.45) is 5.18. The molecule has 8 heteroatoms. The first-order valence-electron chi connectivity index (χ1n) is 9.94. The monoisotopic (exact) mass is 399 g/mol. The first kappa shape index (κ1) is 19.0. The molecule has 28 heavy (non-hydrogen) atoms. The number of unbranched alkanes of at least 4 members (excludes halogenated alkanes) is 2. The fraction of sp³-hybridized carbons (Fsp3) is 0.500. The summed E-state index contributed by atoms with van der Waals surface area (Å²) in [5, 5.41) is 12.7. The number of amides is 1. The van der Waals surface area contributed by atoms with Crippen molar-refractivity contribution in [2.24, 2.45) is 0 Å². The van der Waals surface area contributed by atoms with Crippen LogP contribution in [0.2, 0.25) is 0 Å². The van der Waals surface area contributed by atoms with E-state index in [2.05, 4.69) is 22.4 Å². The topological polar surface area (TPSA) is 81.3 Å². The van der Waals surface area contributed by atoms with E-state index in [0.29, 0.717) is 28.9 Å². The van der Waals surface area contributed by atoms with Gasteiger partial charge in [0, 0.05) is 12.6 Å². The molecule has 0 radical (unpaired) electrons. The van der Waals surface area contributed by atoms with E-state index < -0.39 is 0 Å². The molecule has 1 atom stereocenters. The predicted octanol–water partition coefficient (Wildman–Crippen LogP) is 2.99. The van der Waals surface area contributed by atoms with Gasteiger partial charge in [-0.3, -0.25) is 18.6 Å². The van der Waals surface area contributed by atoms with Crippen LogP contribution in [0.25, 0.3) is 16.7 Å². The van der Waals surface area contributed by atoms with Gasteiger partial charge in [-0.15, -0.1) is 10.2 Å². The average molecular weight is 400 g/mol. The van der Waals surface area contributed by atoms with Crippen LogP contribution in [0.1, 0.15) is 46.0 Å². The summed E-state index contributed by atoms with van der Waals surface area (Å²) in [5.74, 6) is 0.557. The Morgan fingerprint density at radius 3 is 2.82 bits per heavy atom. The first-order chi connectivity index (χ1) is 13.6. The van der Waals surface area contributed by atoms with Crippen molar-refractivity contribution in [3.05, 3.63) is 34.6 Å². The molecule has 1 fully saturated rings. The lowest BCUT2D eigenvalue weighted by atomic mass is 10.2. The third kappa shape index (κ3) is 3.65. The normalized spacial score (nSPS) is 15.2. The van der Waals surface area contributed by atoms with E-state index in [9.17, 15) is 9.59 Å². The van der Waals surface area contributed by atoms with Crippen molar-refractivity contribution in [1.29, 1.82) is 0 Å². The van der Waals surface area contributed by atoms with Gasteiger partial charge in [0.15, 0.2) is 5.16 Å². The van der Waals surface area contributed by atoms with E-state index in [4.69, 9.17) is 0 Å². The van der Waals surface area contributed by atoms with Crippen LogP contribution >= 0.6 is 11.8 Å². The van der Waals surface area contributed by atoms with Gasteiger partial charge in [-0.25, -0.2) is 0 Å². The quantitative estimate of drug-likeness (QED) is 0.465. The maximum atomic E-state index is 13.0. The van der Waals surface area contributed by atoms with E-state index >= 15 is 0 Å². The smallest absolute Gasteiger partial charge is 0.262 e. The van der Waals surface area contributed by atoms with Gasteiger partial charge in [0.05, 0.1) is 16.2 Å². The highest BCUT2D eigenvalue weighted by molar-refractivity contribution is 8.00. The van der Waals surface area contributed by atoms with Gasteiger partial charge in [0.1, 0.15) is 0 Å². The predicted molar refractivity (Wildman–Crippen MR) is 111 cm³/mol. The van der Waals surface area contributed by atoms with Crippen LogP contribution in [0, 0.1) is 0 Å². The van der Waals surface area contributed by atoms with Crippen molar-refractivity contribution in [3.8, 4) is 0 Å². The number of nitrogens with one attached hydrogen (secondary N) is 1. The Balaban J connectivity index is 1.75. The molecule has 1 saturated carbocycles. The number of aromatic nitrogens is 4. The molecule has 1 aliphatic carbocycles. The molecule has 0 bridgehead atoms. The average Bonchev–Trinajstić information content (AvgIpc) is 3.42. The fourth-order valence-corrected chi connectivity index (χ4v) is 4.15. The Hall–Kier alpha value is -2.35. The minimum atomic E-state index is -0.285. The number of benzene rings is 1. The Bertz CT molecular complexity index is 1070. The van der Waals surface area contributed by atoms with Gasteiger partial charge >= 0.3 is 0 Å². The van der Waals surface area contributed by atoms with E-state index in [1.807, 2.05) is 35.6 Å². The lowest BCUT2D eigenvalue weighted by Gasteiger charge is -2.13. The molecule has 1 aromatic carbocycles. The van der Waals surface area contributed by atoms with Crippen LogP contribution in [0.4, 0.5) is 0 Å². The summed E-state index contributed by atoms with van der Waals surface area (Å²) in [6, 6.07) is 7.85. The van der Waals surface area contributed by atoms with Gasteiger partial charge < -0.3 is 5.32 Å². The van der Waals surface area contributed by atoms with Crippen LogP contribution < -0.4 is 10.9 Å². The Morgan fingerprint density at radius 1 is 1.29 bits per heavy atom. The Labute approximate surface area is 167 Å². The summed E-state index contributed by atoms with van der Waals surface area (Å²) in [7, 11) is 0. The molecule has 0 aliphatic heterocycles. The minimum Gasteiger partial charge on any atom is -0.352 e. The van der Waals surface area contributed by atoms with E-state index in [-0.39, 0.29) is 16.7 Å². The molecule has 148 valence electrons. The molecule has 4 rings (SSSR count). The summed E-state index contributed by atoms with van der Waals surface area (Å²) in [5.41, 5.74) is 0.735. The largest absolute Gasteiger partial charge is 0.352 e. The number of thioether (sulfide) groups is 1. The van der Waals surface area contributed by atoms with Gasteiger partial charge in [-0.05, 0) is 38.3 Å².